The Balaban J connectivity index is 1.98. The maximum absolute atomic E-state index is 8.94. The van der Waals surface area contributed by atoms with Crippen molar-refractivity contribution in [2.24, 2.45) is 7.05 Å². The molecule has 3 nitrogen and oxygen atoms in total. The fourth-order valence-corrected chi connectivity index (χ4v) is 2.45. The fourth-order valence-electron chi connectivity index (χ4n) is 1.78. The van der Waals surface area contributed by atoms with Crippen LogP contribution in [0.4, 0.5) is 0 Å². The van der Waals surface area contributed by atoms with E-state index in [2.05, 4.69) is 28.2 Å². The van der Waals surface area contributed by atoms with Crippen LogP contribution in [0.2, 0.25) is 0 Å². The molecule has 2 rings (SSSR count). The predicted molar refractivity (Wildman–Crippen MR) is 69.7 cm³/mol. The number of aromatic nitrogens is 1. The van der Waals surface area contributed by atoms with Crippen LogP contribution < -0.4 is 5.32 Å². The van der Waals surface area contributed by atoms with Gasteiger partial charge in [-0.05, 0) is 40.9 Å². The summed E-state index contributed by atoms with van der Waals surface area (Å²) in [5, 5.41) is 16.6. The van der Waals surface area contributed by atoms with Gasteiger partial charge in [0.2, 0.25) is 0 Å². The van der Waals surface area contributed by atoms with Gasteiger partial charge in [-0.1, -0.05) is 0 Å². The summed E-state index contributed by atoms with van der Waals surface area (Å²) in [4.78, 5) is 0. The van der Waals surface area contributed by atoms with Gasteiger partial charge in [0.15, 0.2) is 0 Å². The zero-order valence-corrected chi connectivity index (χ0v) is 10.8. The molecule has 0 amide bonds. The summed E-state index contributed by atoms with van der Waals surface area (Å²) in [5.41, 5.74) is 4.37. The van der Waals surface area contributed by atoms with Crippen molar-refractivity contribution in [3.8, 4) is 6.07 Å². The Labute approximate surface area is 105 Å². The standard InChI is InChI=1S/C13H15N3S/c1-10-12(5-13(6-14)16(10)2)8-15-7-11-3-4-17-9-11/h3-5,9,15H,7-8H2,1-2H3. The van der Waals surface area contributed by atoms with Gasteiger partial charge in [0.25, 0.3) is 0 Å². The molecule has 0 aromatic carbocycles. The van der Waals surface area contributed by atoms with E-state index in [9.17, 15) is 0 Å². The minimum atomic E-state index is 0.717. The van der Waals surface area contributed by atoms with Crippen LogP contribution in [0, 0.1) is 18.3 Å². The Bertz CT molecular complexity index is 532. The zero-order chi connectivity index (χ0) is 12.3. The smallest absolute Gasteiger partial charge is 0.120 e. The Hall–Kier alpha value is -1.57. The highest BCUT2D eigenvalue weighted by Gasteiger charge is 2.07. The number of hydrogen-bond donors (Lipinski definition) is 1. The van der Waals surface area contributed by atoms with Gasteiger partial charge in [-0.2, -0.15) is 16.6 Å². The number of thiophene rings is 1. The minimum Gasteiger partial charge on any atom is -0.340 e. The molecular weight excluding hydrogens is 230 g/mol. The van der Waals surface area contributed by atoms with Gasteiger partial charge in [-0.3, -0.25) is 0 Å². The molecule has 0 saturated heterocycles. The molecule has 17 heavy (non-hydrogen) atoms. The van der Waals surface area contributed by atoms with Crippen molar-refractivity contribution in [1.29, 1.82) is 5.26 Å². The molecule has 2 aromatic rings. The van der Waals surface area contributed by atoms with Crippen molar-refractivity contribution in [3.63, 3.8) is 0 Å². The van der Waals surface area contributed by atoms with E-state index in [0.29, 0.717) is 0 Å². The third-order valence-electron chi connectivity index (χ3n) is 2.98. The first-order chi connectivity index (χ1) is 8.22. The van der Waals surface area contributed by atoms with Crippen molar-refractivity contribution in [1.82, 2.24) is 9.88 Å². The lowest BCUT2D eigenvalue weighted by Gasteiger charge is -2.04. The lowest BCUT2D eigenvalue weighted by Crippen LogP contribution is -2.12. The monoisotopic (exact) mass is 245 g/mol. The molecule has 1 N–H and O–H groups in total. The molecule has 0 bridgehead atoms. The Morgan fingerprint density at radius 2 is 2.29 bits per heavy atom. The molecular formula is C13H15N3S. The molecule has 0 aliphatic heterocycles. The third-order valence-corrected chi connectivity index (χ3v) is 3.71. The molecule has 0 spiro atoms. The molecule has 0 aliphatic rings. The Morgan fingerprint density at radius 3 is 2.88 bits per heavy atom. The van der Waals surface area contributed by atoms with Gasteiger partial charge in [0.1, 0.15) is 11.8 Å². The minimum absolute atomic E-state index is 0.717. The van der Waals surface area contributed by atoms with Gasteiger partial charge in [-0.25, -0.2) is 0 Å². The van der Waals surface area contributed by atoms with E-state index in [4.69, 9.17) is 5.26 Å². The molecule has 2 aromatic heterocycles. The first-order valence-electron chi connectivity index (χ1n) is 5.49. The normalized spacial score (nSPS) is 10.4. The van der Waals surface area contributed by atoms with Gasteiger partial charge in [0, 0.05) is 25.8 Å². The summed E-state index contributed by atoms with van der Waals surface area (Å²) in [6, 6.07) is 6.27. The summed E-state index contributed by atoms with van der Waals surface area (Å²) < 4.78 is 1.93. The highest BCUT2D eigenvalue weighted by atomic mass is 32.1. The van der Waals surface area contributed by atoms with Crippen LogP contribution in [0.1, 0.15) is 22.5 Å². The molecule has 0 atom stereocenters. The molecule has 4 heteroatoms. The van der Waals surface area contributed by atoms with Crippen LogP contribution in [0.15, 0.2) is 22.9 Å². The fraction of sp³-hybridized carbons (Fsp3) is 0.308. The molecule has 0 saturated carbocycles. The van der Waals surface area contributed by atoms with Crippen molar-refractivity contribution in [3.05, 3.63) is 45.4 Å². The predicted octanol–water partition coefficient (Wildman–Crippen LogP) is 2.56. The second-order valence-corrected chi connectivity index (χ2v) is 4.83. The van der Waals surface area contributed by atoms with Crippen LogP contribution in [0.3, 0.4) is 0 Å². The van der Waals surface area contributed by atoms with Crippen molar-refractivity contribution in [2.75, 3.05) is 0 Å². The maximum atomic E-state index is 8.94. The molecule has 88 valence electrons. The van der Waals surface area contributed by atoms with Crippen molar-refractivity contribution < 1.29 is 0 Å². The van der Waals surface area contributed by atoms with Crippen LogP contribution >= 0.6 is 11.3 Å². The quantitative estimate of drug-likeness (QED) is 0.899. The third kappa shape index (κ3) is 2.57. The molecule has 0 fully saturated rings. The molecule has 2 heterocycles. The van der Waals surface area contributed by atoms with E-state index in [1.807, 2.05) is 24.6 Å². The second kappa shape index (κ2) is 5.17. The highest BCUT2D eigenvalue weighted by Crippen LogP contribution is 2.13. The van der Waals surface area contributed by atoms with Gasteiger partial charge in [0.05, 0.1) is 0 Å². The van der Waals surface area contributed by atoms with E-state index < -0.39 is 0 Å². The van der Waals surface area contributed by atoms with Crippen LogP contribution in [-0.4, -0.2) is 4.57 Å². The summed E-state index contributed by atoms with van der Waals surface area (Å²) in [7, 11) is 1.93. The topological polar surface area (TPSA) is 40.8 Å². The SMILES string of the molecule is Cc1c(CNCc2ccsc2)cc(C#N)n1C. The first-order valence-corrected chi connectivity index (χ1v) is 6.43. The maximum Gasteiger partial charge on any atom is 0.120 e. The number of rotatable bonds is 4. The lowest BCUT2D eigenvalue weighted by atomic mass is 10.2. The van der Waals surface area contributed by atoms with E-state index in [-0.39, 0.29) is 0 Å². The van der Waals surface area contributed by atoms with E-state index >= 15 is 0 Å². The van der Waals surface area contributed by atoms with Crippen molar-refractivity contribution in [2.45, 2.75) is 20.0 Å². The van der Waals surface area contributed by atoms with Gasteiger partial charge < -0.3 is 9.88 Å². The molecule has 0 aliphatic carbocycles. The molecule has 0 unspecified atom stereocenters. The largest absolute Gasteiger partial charge is 0.340 e. The van der Waals surface area contributed by atoms with Crippen LogP contribution in [0.25, 0.3) is 0 Å². The zero-order valence-electron chi connectivity index (χ0n) is 10.0. The summed E-state index contributed by atoms with van der Waals surface area (Å²) in [5.74, 6) is 0. The van der Waals surface area contributed by atoms with E-state index in [1.54, 1.807) is 11.3 Å². The van der Waals surface area contributed by atoms with Crippen LogP contribution in [-0.2, 0) is 20.1 Å². The van der Waals surface area contributed by atoms with Crippen LogP contribution in [0.5, 0.6) is 0 Å². The number of nitrogens with one attached hydrogen (secondary N) is 1. The van der Waals surface area contributed by atoms with E-state index in [0.717, 1.165) is 24.5 Å². The molecule has 0 radical (unpaired) electrons. The van der Waals surface area contributed by atoms with E-state index in [1.165, 1.54) is 11.1 Å². The summed E-state index contributed by atoms with van der Waals surface area (Å²) >= 11 is 1.71. The average molecular weight is 245 g/mol. The number of nitriles is 1. The second-order valence-electron chi connectivity index (χ2n) is 4.05. The Kier molecular flexibility index (Phi) is 3.62. The van der Waals surface area contributed by atoms with Gasteiger partial charge in [-0.15, -0.1) is 0 Å². The number of hydrogen-bond acceptors (Lipinski definition) is 3. The number of nitrogens with zero attached hydrogens (tertiary/aromatic N) is 2. The lowest BCUT2D eigenvalue weighted by molar-refractivity contribution is 0.689. The first kappa shape index (κ1) is 11.9. The summed E-state index contributed by atoms with van der Waals surface area (Å²) in [6.45, 7) is 3.72. The highest BCUT2D eigenvalue weighted by molar-refractivity contribution is 7.07. The van der Waals surface area contributed by atoms with Gasteiger partial charge >= 0.3 is 0 Å². The average Bonchev–Trinajstić information content (AvgIpc) is 2.92. The summed E-state index contributed by atoms with van der Waals surface area (Å²) in [6.07, 6.45) is 0. The Morgan fingerprint density at radius 1 is 1.47 bits per heavy atom. The van der Waals surface area contributed by atoms with Crippen molar-refractivity contribution >= 4 is 11.3 Å².